The van der Waals surface area contributed by atoms with Gasteiger partial charge in [0.1, 0.15) is 5.75 Å². The van der Waals surface area contributed by atoms with Crippen LogP contribution in [0.4, 0.5) is 0 Å². The van der Waals surface area contributed by atoms with E-state index in [0.29, 0.717) is 6.42 Å². The Labute approximate surface area is 84.8 Å². The molecule has 76 valence electrons. The summed E-state index contributed by atoms with van der Waals surface area (Å²) in [6, 6.07) is 7.66. The summed E-state index contributed by atoms with van der Waals surface area (Å²) in [5.74, 6) is 1.04. The van der Waals surface area contributed by atoms with Crippen molar-refractivity contribution in [2.75, 3.05) is 0 Å². The molecule has 2 nitrogen and oxygen atoms in total. The lowest BCUT2D eigenvalue weighted by molar-refractivity contribution is 0.242. The highest BCUT2D eigenvalue weighted by molar-refractivity contribution is 5.28. The maximum absolute atomic E-state index is 8.99. The lowest BCUT2D eigenvalue weighted by Gasteiger charge is -2.09. The zero-order valence-electron chi connectivity index (χ0n) is 8.66. The first-order chi connectivity index (χ1) is 6.58. The molecule has 0 aliphatic rings. The van der Waals surface area contributed by atoms with Crippen LogP contribution in [0.3, 0.4) is 0 Å². The molecular weight excluding hydrogens is 176 g/mol. The van der Waals surface area contributed by atoms with Gasteiger partial charge in [-0.2, -0.15) is 0 Å². The van der Waals surface area contributed by atoms with Crippen LogP contribution in [0, 0.1) is 0 Å². The van der Waals surface area contributed by atoms with E-state index in [0.717, 1.165) is 11.3 Å². The molecule has 0 aromatic heterocycles. The molecule has 0 radical (unpaired) electrons. The Morgan fingerprint density at radius 2 is 1.93 bits per heavy atom. The van der Waals surface area contributed by atoms with Gasteiger partial charge < -0.3 is 9.84 Å². The number of ether oxygens (including phenoxy) is 1. The second-order valence-electron chi connectivity index (χ2n) is 3.55. The topological polar surface area (TPSA) is 29.5 Å². The SMILES string of the molecule is C=C(O)Cc1ccc(OC(C)C)cc1. The Morgan fingerprint density at radius 3 is 2.36 bits per heavy atom. The van der Waals surface area contributed by atoms with Crippen molar-refractivity contribution in [3.63, 3.8) is 0 Å². The molecule has 0 unspecified atom stereocenters. The average molecular weight is 192 g/mol. The lowest BCUT2D eigenvalue weighted by Crippen LogP contribution is -2.05. The van der Waals surface area contributed by atoms with Crippen molar-refractivity contribution in [3.8, 4) is 5.75 Å². The molecule has 1 N–H and O–H groups in total. The van der Waals surface area contributed by atoms with E-state index in [-0.39, 0.29) is 11.9 Å². The van der Waals surface area contributed by atoms with Crippen molar-refractivity contribution in [1.82, 2.24) is 0 Å². The van der Waals surface area contributed by atoms with Crippen molar-refractivity contribution in [2.24, 2.45) is 0 Å². The van der Waals surface area contributed by atoms with E-state index in [1.807, 2.05) is 38.1 Å². The van der Waals surface area contributed by atoms with Gasteiger partial charge in [-0.3, -0.25) is 0 Å². The zero-order valence-corrected chi connectivity index (χ0v) is 8.66. The van der Waals surface area contributed by atoms with Crippen LogP contribution in [0.1, 0.15) is 19.4 Å². The van der Waals surface area contributed by atoms with Crippen molar-refractivity contribution >= 4 is 0 Å². The quantitative estimate of drug-likeness (QED) is 0.743. The molecule has 14 heavy (non-hydrogen) atoms. The second kappa shape index (κ2) is 4.70. The first-order valence-corrected chi connectivity index (χ1v) is 4.70. The molecule has 0 aliphatic heterocycles. The number of rotatable bonds is 4. The Kier molecular flexibility index (Phi) is 3.57. The molecule has 0 aliphatic carbocycles. The summed E-state index contributed by atoms with van der Waals surface area (Å²) in [5.41, 5.74) is 1.04. The summed E-state index contributed by atoms with van der Waals surface area (Å²) in [4.78, 5) is 0. The molecule has 0 fully saturated rings. The number of aliphatic hydroxyl groups is 1. The molecule has 0 spiro atoms. The first kappa shape index (κ1) is 10.6. The Hall–Kier alpha value is -1.44. The fourth-order valence-corrected chi connectivity index (χ4v) is 1.19. The van der Waals surface area contributed by atoms with Crippen LogP contribution < -0.4 is 4.74 Å². The van der Waals surface area contributed by atoms with Crippen molar-refractivity contribution in [1.29, 1.82) is 0 Å². The summed E-state index contributed by atoms with van der Waals surface area (Å²) in [5, 5.41) is 8.99. The van der Waals surface area contributed by atoms with E-state index in [1.54, 1.807) is 0 Å². The van der Waals surface area contributed by atoms with Gasteiger partial charge >= 0.3 is 0 Å². The summed E-state index contributed by atoms with van der Waals surface area (Å²) in [6.45, 7) is 7.42. The van der Waals surface area contributed by atoms with Crippen LogP contribution in [-0.4, -0.2) is 11.2 Å². The minimum Gasteiger partial charge on any atom is -0.513 e. The van der Waals surface area contributed by atoms with E-state index in [4.69, 9.17) is 9.84 Å². The molecule has 0 saturated heterocycles. The Bertz CT molecular complexity index is 299. The van der Waals surface area contributed by atoms with Crippen LogP contribution in [0.5, 0.6) is 5.75 Å². The first-order valence-electron chi connectivity index (χ1n) is 4.70. The highest BCUT2D eigenvalue weighted by Crippen LogP contribution is 2.15. The van der Waals surface area contributed by atoms with E-state index < -0.39 is 0 Å². The predicted molar refractivity (Wildman–Crippen MR) is 57.7 cm³/mol. The average Bonchev–Trinajstić information content (AvgIpc) is 2.06. The predicted octanol–water partition coefficient (Wildman–Crippen LogP) is 3.09. The number of hydrogen-bond donors (Lipinski definition) is 1. The number of aliphatic hydroxyl groups excluding tert-OH is 1. The van der Waals surface area contributed by atoms with Crippen LogP contribution in [-0.2, 0) is 6.42 Å². The normalized spacial score (nSPS) is 10.2. The van der Waals surface area contributed by atoms with Gasteiger partial charge in [0.05, 0.1) is 11.9 Å². The third-order valence-corrected chi connectivity index (χ3v) is 1.70. The second-order valence-corrected chi connectivity index (χ2v) is 3.55. The van der Waals surface area contributed by atoms with Gasteiger partial charge in [-0.05, 0) is 31.5 Å². The third-order valence-electron chi connectivity index (χ3n) is 1.70. The van der Waals surface area contributed by atoms with E-state index in [2.05, 4.69) is 6.58 Å². The molecule has 0 atom stereocenters. The van der Waals surface area contributed by atoms with Crippen LogP contribution in [0.25, 0.3) is 0 Å². The number of hydrogen-bond acceptors (Lipinski definition) is 2. The highest BCUT2D eigenvalue weighted by atomic mass is 16.5. The monoisotopic (exact) mass is 192 g/mol. The Balaban J connectivity index is 2.63. The largest absolute Gasteiger partial charge is 0.513 e. The van der Waals surface area contributed by atoms with E-state index in [1.165, 1.54) is 0 Å². The zero-order chi connectivity index (χ0) is 10.6. The third kappa shape index (κ3) is 3.52. The van der Waals surface area contributed by atoms with Gasteiger partial charge in [0.2, 0.25) is 0 Å². The summed E-state index contributed by atoms with van der Waals surface area (Å²) in [7, 11) is 0. The van der Waals surface area contributed by atoms with Crippen LogP contribution in [0.2, 0.25) is 0 Å². The van der Waals surface area contributed by atoms with Crippen LogP contribution in [0.15, 0.2) is 36.6 Å². The van der Waals surface area contributed by atoms with Gasteiger partial charge in [-0.15, -0.1) is 0 Å². The molecule has 1 rings (SSSR count). The number of allylic oxidation sites excluding steroid dienone is 1. The van der Waals surface area contributed by atoms with Gasteiger partial charge in [-0.25, -0.2) is 0 Å². The summed E-state index contributed by atoms with van der Waals surface area (Å²) in [6.07, 6.45) is 0.691. The molecule has 0 heterocycles. The van der Waals surface area contributed by atoms with Crippen molar-refractivity contribution in [3.05, 3.63) is 42.2 Å². The molecular formula is C12H16O2. The molecule has 0 bridgehead atoms. The molecule has 1 aromatic rings. The minimum atomic E-state index is 0.183. The Morgan fingerprint density at radius 1 is 1.36 bits per heavy atom. The number of benzene rings is 1. The van der Waals surface area contributed by atoms with Gasteiger partial charge in [0, 0.05) is 6.42 Å². The van der Waals surface area contributed by atoms with E-state index in [9.17, 15) is 0 Å². The van der Waals surface area contributed by atoms with E-state index >= 15 is 0 Å². The summed E-state index contributed by atoms with van der Waals surface area (Å²) < 4.78 is 5.49. The highest BCUT2D eigenvalue weighted by Gasteiger charge is 1.98. The van der Waals surface area contributed by atoms with Gasteiger partial charge in [0.15, 0.2) is 0 Å². The van der Waals surface area contributed by atoms with Crippen molar-refractivity contribution in [2.45, 2.75) is 26.4 Å². The van der Waals surface area contributed by atoms with Crippen LogP contribution >= 0.6 is 0 Å². The molecule has 0 saturated carbocycles. The fraction of sp³-hybridized carbons (Fsp3) is 0.333. The lowest BCUT2D eigenvalue weighted by atomic mass is 10.1. The molecule has 1 aromatic carbocycles. The fourth-order valence-electron chi connectivity index (χ4n) is 1.19. The van der Waals surface area contributed by atoms with Crippen molar-refractivity contribution < 1.29 is 9.84 Å². The molecule has 2 heteroatoms. The maximum atomic E-state index is 8.99. The maximum Gasteiger partial charge on any atom is 0.119 e. The van der Waals surface area contributed by atoms with Gasteiger partial charge in [-0.1, -0.05) is 18.7 Å². The molecule has 0 amide bonds. The van der Waals surface area contributed by atoms with Gasteiger partial charge in [0.25, 0.3) is 0 Å². The summed E-state index contributed by atoms with van der Waals surface area (Å²) >= 11 is 0. The smallest absolute Gasteiger partial charge is 0.119 e. The minimum absolute atomic E-state index is 0.183. The standard InChI is InChI=1S/C12H16O2/c1-9(2)14-12-6-4-11(5-7-12)8-10(3)13/h4-7,9,13H,3,8H2,1-2H3.